The fraction of sp³-hybridized carbons (Fsp3) is 0. The topological polar surface area (TPSA) is 75.6 Å². The molecule has 2 N–H and O–H groups in total. The summed E-state index contributed by atoms with van der Waals surface area (Å²) in [7, 11) is 0. The Morgan fingerprint density at radius 2 is 1.71 bits per heavy atom. The number of allylic oxidation sites excluding steroid dienone is 1. The third-order valence-electron chi connectivity index (χ3n) is 3.10. The molecule has 0 amide bonds. The molecule has 0 atom stereocenters. The second-order valence-corrected chi connectivity index (χ2v) is 4.53. The minimum atomic E-state index is 0.345. The molecule has 1 heterocycles. The number of benzene rings is 2. The van der Waals surface area contributed by atoms with E-state index >= 15 is 0 Å². The summed E-state index contributed by atoms with van der Waals surface area (Å²) in [6.45, 7) is 0. The number of para-hydroxylation sites is 1. The zero-order valence-electron chi connectivity index (χ0n) is 11.2. The molecule has 21 heavy (non-hydrogen) atoms. The van der Waals surface area contributed by atoms with Crippen molar-refractivity contribution >= 4 is 28.4 Å². The van der Waals surface area contributed by atoms with Crippen molar-refractivity contribution in [2.45, 2.75) is 0 Å². The van der Waals surface area contributed by atoms with Gasteiger partial charge in [0.2, 0.25) is 0 Å². The van der Waals surface area contributed by atoms with Crippen LogP contribution in [0, 0.1) is 11.3 Å². The summed E-state index contributed by atoms with van der Waals surface area (Å²) < 4.78 is 0. The number of fused-ring (bicyclic) bond motifs is 1. The molecule has 0 saturated carbocycles. The monoisotopic (exact) mass is 272 g/mol. The second-order valence-electron chi connectivity index (χ2n) is 4.53. The van der Waals surface area contributed by atoms with Crippen LogP contribution < -0.4 is 5.73 Å². The lowest BCUT2D eigenvalue weighted by Crippen LogP contribution is -2.00. The quantitative estimate of drug-likeness (QED) is 0.726. The Labute approximate surface area is 122 Å². The fourth-order valence-electron chi connectivity index (χ4n) is 2.08. The van der Waals surface area contributed by atoms with Gasteiger partial charge in [0.25, 0.3) is 0 Å². The van der Waals surface area contributed by atoms with Crippen LogP contribution in [0.5, 0.6) is 0 Å². The Bertz CT molecular complexity index is 861. The number of nitrogens with zero attached hydrogens (tertiary/aromatic N) is 3. The number of hydrogen-bond acceptors (Lipinski definition) is 4. The van der Waals surface area contributed by atoms with Gasteiger partial charge in [0.15, 0.2) is 5.82 Å². The Balaban J connectivity index is 2.14. The van der Waals surface area contributed by atoms with Gasteiger partial charge in [0.05, 0.1) is 11.1 Å². The van der Waals surface area contributed by atoms with Crippen LogP contribution in [0.25, 0.3) is 22.6 Å². The highest BCUT2D eigenvalue weighted by Gasteiger charge is 2.09. The van der Waals surface area contributed by atoms with E-state index < -0.39 is 0 Å². The number of nitrogen functional groups attached to an aromatic ring is 1. The number of nitriles is 1. The van der Waals surface area contributed by atoms with E-state index in [1.54, 1.807) is 6.08 Å². The van der Waals surface area contributed by atoms with Crippen molar-refractivity contribution < 1.29 is 0 Å². The van der Waals surface area contributed by atoms with Crippen molar-refractivity contribution in [3.63, 3.8) is 0 Å². The van der Waals surface area contributed by atoms with Crippen LogP contribution in [-0.4, -0.2) is 9.97 Å². The van der Waals surface area contributed by atoms with E-state index in [1.165, 1.54) is 0 Å². The molecule has 3 aromatic rings. The van der Waals surface area contributed by atoms with Crippen molar-refractivity contribution in [3.05, 3.63) is 66.0 Å². The zero-order chi connectivity index (χ0) is 14.7. The van der Waals surface area contributed by atoms with Gasteiger partial charge in [-0.05, 0) is 23.8 Å². The van der Waals surface area contributed by atoms with E-state index in [2.05, 4.69) is 16.0 Å². The molecular weight excluding hydrogens is 260 g/mol. The number of aromatic nitrogens is 2. The van der Waals surface area contributed by atoms with Gasteiger partial charge >= 0.3 is 0 Å². The molecule has 0 spiro atoms. The highest BCUT2D eigenvalue weighted by Crippen LogP contribution is 2.21. The summed E-state index contributed by atoms with van der Waals surface area (Å²) >= 11 is 0. The van der Waals surface area contributed by atoms with E-state index in [-0.39, 0.29) is 0 Å². The first-order chi connectivity index (χ1) is 10.3. The average Bonchev–Trinajstić information content (AvgIpc) is 2.53. The Morgan fingerprint density at radius 1 is 1.00 bits per heavy atom. The van der Waals surface area contributed by atoms with Gasteiger partial charge in [-0.2, -0.15) is 5.26 Å². The Morgan fingerprint density at radius 3 is 2.48 bits per heavy atom. The van der Waals surface area contributed by atoms with Gasteiger partial charge in [-0.25, -0.2) is 9.97 Å². The van der Waals surface area contributed by atoms with Crippen molar-refractivity contribution in [1.29, 1.82) is 5.26 Å². The first kappa shape index (κ1) is 12.8. The first-order valence-electron chi connectivity index (χ1n) is 6.47. The van der Waals surface area contributed by atoms with Crippen LogP contribution in [0.1, 0.15) is 11.4 Å². The van der Waals surface area contributed by atoms with Crippen molar-refractivity contribution in [3.8, 4) is 6.07 Å². The van der Waals surface area contributed by atoms with Crippen LogP contribution in [0.3, 0.4) is 0 Å². The van der Waals surface area contributed by atoms with Gasteiger partial charge in [-0.3, -0.25) is 0 Å². The lowest BCUT2D eigenvalue weighted by molar-refractivity contribution is 1.18. The summed E-state index contributed by atoms with van der Waals surface area (Å²) in [4.78, 5) is 8.67. The number of nitrogens with two attached hydrogens (primary N) is 1. The largest absolute Gasteiger partial charge is 0.383 e. The van der Waals surface area contributed by atoms with E-state index in [0.717, 1.165) is 16.5 Å². The van der Waals surface area contributed by atoms with Gasteiger partial charge in [0, 0.05) is 5.39 Å². The molecule has 0 unspecified atom stereocenters. The molecule has 4 nitrogen and oxygen atoms in total. The molecule has 0 aliphatic carbocycles. The maximum Gasteiger partial charge on any atom is 0.172 e. The van der Waals surface area contributed by atoms with Crippen molar-refractivity contribution in [2.24, 2.45) is 0 Å². The molecule has 1 aromatic heterocycles. The van der Waals surface area contributed by atoms with E-state index in [9.17, 15) is 5.26 Å². The Hall–Kier alpha value is -3.19. The molecule has 0 fully saturated rings. The van der Waals surface area contributed by atoms with Gasteiger partial charge in [-0.15, -0.1) is 0 Å². The summed E-state index contributed by atoms with van der Waals surface area (Å²) in [5.74, 6) is 0.724. The van der Waals surface area contributed by atoms with Crippen LogP contribution in [0.4, 0.5) is 5.82 Å². The molecule has 0 radical (unpaired) electrons. The average molecular weight is 272 g/mol. The van der Waals surface area contributed by atoms with Crippen LogP contribution in [0.15, 0.2) is 54.6 Å². The molecule has 0 aliphatic rings. The molecule has 100 valence electrons. The van der Waals surface area contributed by atoms with Gasteiger partial charge < -0.3 is 5.73 Å². The molecule has 2 aromatic carbocycles. The van der Waals surface area contributed by atoms with E-state index in [1.807, 2.05) is 54.6 Å². The van der Waals surface area contributed by atoms with Crippen LogP contribution in [0.2, 0.25) is 0 Å². The lowest BCUT2D eigenvalue weighted by atomic mass is 10.1. The molecular formula is C17H12N4. The van der Waals surface area contributed by atoms with E-state index in [0.29, 0.717) is 17.2 Å². The lowest BCUT2D eigenvalue weighted by Gasteiger charge is -2.04. The molecule has 0 aliphatic heterocycles. The van der Waals surface area contributed by atoms with E-state index in [4.69, 9.17) is 5.73 Å². The molecule has 0 bridgehead atoms. The fourth-order valence-corrected chi connectivity index (χ4v) is 2.08. The minimum Gasteiger partial charge on any atom is -0.383 e. The smallest absolute Gasteiger partial charge is 0.172 e. The highest BCUT2D eigenvalue weighted by atomic mass is 14.9. The van der Waals surface area contributed by atoms with Gasteiger partial charge in [-0.1, -0.05) is 42.5 Å². The Kier molecular flexibility index (Phi) is 3.32. The van der Waals surface area contributed by atoms with Crippen LogP contribution in [-0.2, 0) is 0 Å². The molecule has 3 rings (SSSR count). The molecule has 0 saturated heterocycles. The van der Waals surface area contributed by atoms with Gasteiger partial charge in [0.1, 0.15) is 11.9 Å². The first-order valence-corrected chi connectivity index (χ1v) is 6.47. The summed E-state index contributed by atoms with van der Waals surface area (Å²) in [6, 6.07) is 19.2. The van der Waals surface area contributed by atoms with Crippen molar-refractivity contribution in [2.75, 3.05) is 5.73 Å². The van der Waals surface area contributed by atoms with Crippen molar-refractivity contribution in [1.82, 2.24) is 9.97 Å². The third-order valence-corrected chi connectivity index (χ3v) is 3.10. The summed E-state index contributed by atoms with van der Waals surface area (Å²) in [5, 5.41) is 10.2. The number of rotatable bonds is 2. The highest BCUT2D eigenvalue weighted by molar-refractivity contribution is 5.92. The number of hydrogen-bond donors (Lipinski definition) is 1. The third kappa shape index (κ3) is 2.58. The van der Waals surface area contributed by atoms with Crippen LogP contribution >= 0.6 is 0 Å². The second kappa shape index (κ2) is 5.43. The predicted molar refractivity (Wildman–Crippen MR) is 83.9 cm³/mol. The minimum absolute atomic E-state index is 0.345. The predicted octanol–water partition coefficient (Wildman–Crippen LogP) is 3.28. The number of anilines is 1. The normalized spacial score (nSPS) is 11.3. The zero-order valence-corrected chi connectivity index (χ0v) is 11.2. The standard InChI is InChI=1S/C17H12N4/c18-11-13(10-12-6-2-1-3-7-12)17-20-15-9-5-4-8-14(15)16(19)21-17/h1-10H,(H2,19,20,21)/b13-10+. The summed E-state index contributed by atoms with van der Waals surface area (Å²) in [5.41, 5.74) is 7.99. The summed E-state index contributed by atoms with van der Waals surface area (Å²) in [6.07, 6.45) is 1.75. The SMILES string of the molecule is N#C/C(=C\c1ccccc1)c1nc(N)c2ccccc2n1. The maximum absolute atomic E-state index is 9.36. The maximum atomic E-state index is 9.36. The molecule has 4 heteroatoms.